The summed E-state index contributed by atoms with van der Waals surface area (Å²) >= 11 is 0. The van der Waals surface area contributed by atoms with Gasteiger partial charge < -0.3 is 20.6 Å². The van der Waals surface area contributed by atoms with Gasteiger partial charge in [-0.3, -0.25) is 4.79 Å². The molecule has 0 saturated carbocycles. The molecule has 2 saturated heterocycles. The van der Waals surface area contributed by atoms with Crippen LogP contribution in [0.3, 0.4) is 0 Å². The highest BCUT2D eigenvalue weighted by molar-refractivity contribution is 5.82. The highest BCUT2D eigenvalue weighted by Crippen LogP contribution is 2.30. The lowest BCUT2D eigenvalue weighted by Crippen LogP contribution is -2.42. The Balaban J connectivity index is 1.75. The van der Waals surface area contributed by atoms with E-state index in [0.29, 0.717) is 12.8 Å². The van der Waals surface area contributed by atoms with Crippen LogP contribution in [0.15, 0.2) is 18.2 Å². The van der Waals surface area contributed by atoms with E-state index in [9.17, 15) is 14.3 Å². The van der Waals surface area contributed by atoms with Crippen molar-refractivity contribution in [1.29, 1.82) is 0 Å². The molecule has 0 aromatic heterocycles. The molecule has 0 aliphatic carbocycles. The maximum absolute atomic E-state index is 13.8. The minimum atomic E-state index is -0.300. The molecule has 2 heterocycles. The van der Waals surface area contributed by atoms with E-state index in [2.05, 4.69) is 15.5 Å². The van der Waals surface area contributed by atoms with Gasteiger partial charge in [-0.1, -0.05) is 0 Å². The summed E-state index contributed by atoms with van der Waals surface area (Å²) in [5, 5.41) is 15.9. The van der Waals surface area contributed by atoms with Crippen LogP contribution in [-0.4, -0.2) is 42.8 Å². The maximum Gasteiger partial charge on any atom is 0.237 e. The summed E-state index contributed by atoms with van der Waals surface area (Å²) in [5.74, 6) is -0.324. The molecular formula is C18H26FN3O2. The van der Waals surface area contributed by atoms with Crippen LogP contribution in [0.2, 0.25) is 0 Å². The maximum atomic E-state index is 13.8. The minimum absolute atomic E-state index is 0.0238. The first-order valence-corrected chi connectivity index (χ1v) is 8.81. The van der Waals surface area contributed by atoms with Gasteiger partial charge in [0.05, 0.1) is 18.2 Å². The Morgan fingerprint density at radius 3 is 2.79 bits per heavy atom. The number of aliphatic hydroxyl groups excluding tert-OH is 1. The second kappa shape index (κ2) is 7.49. The van der Waals surface area contributed by atoms with Crippen molar-refractivity contribution in [3.63, 3.8) is 0 Å². The molecule has 1 aromatic carbocycles. The number of nitrogens with zero attached hydrogens (tertiary/aromatic N) is 1. The number of aliphatic hydroxyl groups is 1. The monoisotopic (exact) mass is 335 g/mol. The number of amides is 1. The largest absolute Gasteiger partial charge is 0.393 e. The molecule has 1 amide bonds. The van der Waals surface area contributed by atoms with E-state index in [1.54, 1.807) is 6.07 Å². The topological polar surface area (TPSA) is 64.6 Å². The first-order chi connectivity index (χ1) is 11.5. The molecule has 2 aliphatic rings. The van der Waals surface area contributed by atoms with E-state index in [4.69, 9.17) is 0 Å². The Bertz CT molecular complexity index is 582. The van der Waals surface area contributed by atoms with Crippen LogP contribution >= 0.6 is 0 Å². The van der Waals surface area contributed by atoms with Gasteiger partial charge in [-0.25, -0.2) is 4.39 Å². The highest BCUT2D eigenvalue weighted by Gasteiger charge is 2.26. The second-order valence-electron chi connectivity index (χ2n) is 6.80. The zero-order valence-electron chi connectivity index (χ0n) is 14.1. The molecule has 3 N–H and O–H groups in total. The number of piperidine rings is 1. The van der Waals surface area contributed by atoms with E-state index in [0.717, 1.165) is 43.7 Å². The zero-order chi connectivity index (χ0) is 17.1. The molecular weight excluding hydrogens is 309 g/mol. The Labute approximate surface area is 142 Å². The van der Waals surface area contributed by atoms with Crippen LogP contribution < -0.4 is 15.5 Å². The predicted octanol–water partition coefficient (Wildman–Crippen LogP) is 1.72. The molecule has 0 radical (unpaired) electrons. The number of anilines is 1. The second-order valence-corrected chi connectivity index (χ2v) is 6.80. The van der Waals surface area contributed by atoms with E-state index in [1.165, 1.54) is 12.1 Å². The minimum Gasteiger partial charge on any atom is -0.393 e. The summed E-state index contributed by atoms with van der Waals surface area (Å²) in [6, 6.07) is 4.33. The normalized spacial score (nSPS) is 23.3. The summed E-state index contributed by atoms with van der Waals surface area (Å²) in [7, 11) is 0. The Morgan fingerprint density at radius 1 is 1.38 bits per heavy atom. The third-order valence-electron chi connectivity index (χ3n) is 5.00. The van der Waals surface area contributed by atoms with E-state index in [1.807, 2.05) is 6.92 Å². The Hall–Kier alpha value is -1.66. The average molecular weight is 335 g/mol. The third-order valence-corrected chi connectivity index (χ3v) is 5.00. The molecule has 24 heavy (non-hydrogen) atoms. The lowest BCUT2D eigenvalue weighted by molar-refractivity contribution is -0.123. The number of hydrogen-bond donors (Lipinski definition) is 3. The molecule has 2 unspecified atom stereocenters. The fourth-order valence-electron chi connectivity index (χ4n) is 3.57. The molecule has 2 atom stereocenters. The van der Waals surface area contributed by atoms with Gasteiger partial charge in [0.2, 0.25) is 5.91 Å². The smallest absolute Gasteiger partial charge is 0.237 e. The van der Waals surface area contributed by atoms with E-state index < -0.39 is 0 Å². The fourth-order valence-corrected chi connectivity index (χ4v) is 3.57. The predicted molar refractivity (Wildman–Crippen MR) is 91.4 cm³/mol. The van der Waals surface area contributed by atoms with Gasteiger partial charge in [0.25, 0.3) is 0 Å². The van der Waals surface area contributed by atoms with Gasteiger partial charge in [0.1, 0.15) is 5.82 Å². The van der Waals surface area contributed by atoms with Crippen molar-refractivity contribution < 1.29 is 14.3 Å². The third kappa shape index (κ3) is 3.87. The van der Waals surface area contributed by atoms with Crippen molar-refractivity contribution in [2.75, 3.05) is 24.5 Å². The molecule has 6 heteroatoms. The number of carbonyl (C=O) groups is 1. The molecule has 5 nitrogen and oxygen atoms in total. The molecule has 1 aromatic rings. The van der Waals surface area contributed by atoms with Gasteiger partial charge in [0, 0.05) is 24.3 Å². The lowest BCUT2D eigenvalue weighted by atomic mass is 10.0. The van der Waals surface area contributed by atoms with Crippen LogP contribution in [0, 0.1) is 5.82 Å². The number of nitrogens with one attached hydrogen (secondary N) is 2. The van der Waals surface area contributed by atoms with E-state index >= 15 is 0 Å². The van der Waals surface area contributed by atoms with Crippen LogP contribution in [0.25, 0.3) is 0 Å². The van der Waals surface area contributed by atoms with Crippen molar-refractivity contribution in [1.82, 2.24) is 10.6 Å². The number of benzene rings is 1. The highest BCUT2D eigenvalue weighted by atomic mass is 19.1. The molecule has 0 bridgehead atoms. The molecule has 132 valence electrons. The van der Waals surface area contributed by atoms with Crippen LogP contribution in [0.4, 0.5) is 10.1 Å². The van der Waals surface area contributed by atoms with Crippen molar-refractivity contribution in [3.8, 4) is 0 Å². The van der Waals surface area contributed by atoms with Gasteiger partial charge in [0.15, 0.2) is 0 Å². The Morgan fingerprint density at radius 2 is 2.12 bits per heavy atom. The fraction of sp³-hybridized carbons (Fsp3) is 0.611. The first-order valence-electron chi connectivity index (χ1n) is 8.81. The van der Waals surface area contributed by atoms with Crippen molar-refractivity contribution >= 4 is 11.6 Å². The van der Waals surface area contributed by atoms with Crippen molar-refractivity contribution in [2.24, 2.45) is 0 Å². The summed E-state index contributed by atoms with van der Waals surface area (Å²) in [5.41, 5.74) is 1.73. The van der Waals surface area contributed by atoms with E-state index in [-0.39, 0.29) is 29.9 Å². The van der Waals surface area contributed by atoms with Crippen molar-refractivity contribution in [2.45, 2.75) is 50.8 Å². The number of rotatable bonds is 4. The van der Waals surface area contributed by atoms with Gasteiger partial charge >= 0.3 is 0 Å². The average Bonchev–Trinajstić information content (AvgIpc) is 3.10. The summed E-state index contributed by atoms with van der Waals surface area (Å²) in [4.78, 5) is 14.5. The zero-order valence-corrected chi connectivity index (χ0v) is 14.1. The van der Waals surface area contributed by atoms with Gasteiger partial charge in [-0.2, -0.15) is 0 Å². The van der Waals surface area contributed by atoms with Crippen LogP contribution in [-0.2, 0) is 4.79 Å². The first kappa shape index (κ1) is 17.2. The quantitative estimate of drug-likeness (QED) is 0.784. The summed E-state index contributed by atoms with van der Waals surface area (Å²) in [6.07, 6.45) is 3.02. The molecule has 2 fully saturated rings. The number of halogens is 1. The van der Waals surface area contributed by atoms with Crippen LogP contribution in [0.1, 0.15) is 44.2 Å². The molecule has 2 aliphatic heterocycles. The van der Waals surface area contributed by atoms with Crippen molar-refractivity contribution in [3.05, 3.63) is 29.6 Å². The number of carbonyl (C=O) groups excluding carboxylic acids is 1. The van der Waals surface area contributed by atoms with Gasteiger partial charge in [-0.05, 0) is 57.4 Å². The van der Waals surface area contributed by atoms with Gasteiger partial charge in [-0.15, -0.1) is 0 Å². The molecule has 0 spiro atoms. The lowest BCUT2D eigenvalue weighted by Gasteiger charge is -2.34. The standard InChI is InChI=1S/C18H26FN3O2/c1-12(21-18(24)16-3-2-8-20-16)15-11-13(19)4-5-17(15)22-9-6-14(23)7-10-22/h4-5,11-12,14,16,20,23H,2-3,6-10H2,1H3,(H,21,24). The summed E-state index contributed by atoms with van der Waals surface area (Å²) < 4.78 is 13.8. The Kier molecular flexibility index (Phi) is 5.36. The van der Waals surface area contributed by atoms with Crippen LogP contribution in [0.5, 0.6) is 0 Å². The summed E-state index contributed by atoms with van der Waals surface area (Å²) in [6.45, 7) is 4.24. The number of hydrogen-bond acceptors (Lipinski definition) is 4. The molecule has 3 rings (SSSR count). The SMILES string of the molecule is CC(NC(=O)C1CCCN1)c1cc(F)ccc1N1CCC(O)CC1.